The fourth-order valence-corrected chi connectivity index (χ4v) is 2.28. The molecule has 0 amide bonds. The number of hydrogen-bond acceptors (Lipinski definition) is 2. The number of halogens is 6. The van der Waals surface area contributed by atoms with Crippen molar-refractivity contribution in [3.63, 3.8) is 0 Å². The van der Waals surface area contributed by atoms with Crippen molar-refractivity contribution in [3.05, 3.63) is 47.0 Å². The molecule has 0 bridgehead atoms. The van der Waals surface area contributed by atoms with Gasteiger partial charge in [0.1, 0.15) is 11.4 Å². The summed E-state index contributed by atoms with van der Waals surface area (Å²) in [6, 6.07) is 1.31. The summed E-state index contributed by atoms with van der Waals surface area (Å²) in [6.45, 7) is 0. The summed E-state index contributed by atoms with van der Waals surface area (Å²) in [5.41, 5.74) is 7.91. The summed E-state index contributed by atoms with van der Waals surface area (Å²) < 4.78 is 82.4. The highest BCUT2D eigenvalue weighted by Gasteiger charge is 2.23. The smallest absolute Gasteiger partial charge is 0.185 e. The highest BCUT2D eigenvalue weighted by atomic mass is 19.2. The first-order valence-electron chi connectivity index (χ1n) is 5.87. The summed E-state index contributed by atoms with van der Waals surface area (Å²) in [6.07, 6.45) is 0. The molecule has 0 fully saturated rings. The molecular weight excluding hydrogens is 310 g/mol. The monoisotopic (exact) mass is 316 g/mol. The molecular formula is C14H6F6N2. The Morgan fingerprint density at radius 3 is 1.05 bits per heavy atom. The Labute approximate surface area is 118 Å². The zero-order valence-corrected chi connectivity index (χ0v) is 10.6. The van der Waals surface area contributed by atoms with Gasteiger partial charge in [0.05, 0.1) is 0 Å². The van der Waals surface area contributed by atoms with Gasteiger partial charge in [-0.1, -0.05) is 0 Å². The van der Waals surface area contributed by atoms with E-state index in [-0.39, 0.29) is 0 Å². The SMILES string of the molecule is Nc1c(F)c(F)c2cc3c(F)c(N)c(F)c(F)c3cc2c1F. The average molecular weight is 316 g/mol. The largest absolute Gasteiger partial charge is 0.394 e. The van der Waals surface area contributed by atoms with E-state index in [0.717, 1.165) is 0 Å². The standard InChI is InChI=1S/C14H6F6N2/c15-7-3-1-5-4(8(16)12(20)13(21)9(5)17)2-6(3)10(18)14(22)11(7)19/h1-2H,21-22H2. The topological polar surface area (TPSA) is 52.0 Å². The van der Waals surface area contributed by atoms with Gasteiger partial charge in [0.25, 0.3) is 0 Å². The van der Waals surface area contributed by atoms with Gasteiger partial charge < -0.3 is 11.5 Å². The van der Waals surface area contributed by atoms with E-state index in [4.69, 9.17) is 11.5 Å². The maximum absolute atomic E-state index is 13.9. The zero-order chi connectivity index (χ0) is 16.3. The van der Waals surface area contributed by atoms with Crippen LogP contribution in [0.1, 0.15) is 0 Å². The van der Waals surface area contributed by atoms with Crippen LogP contribution in [0.15, 0.2) is 12.1 Å². The number of benzene rings is 3. The Hall–Kier alpha value is -2.64. The molecule has 4 N–H and O–H groups in total. The van der Waals surface area contributed by atoms with Gasteiger partial charge in [-0.25, -0.2) is 26.3 Å². The van der Waals surface area contributed by atoms with Crippen LogP contribution in [-0.2, 0) is 0 Å². The van der Waals surface area contributed by atoms with E-state index in [1.54, 1.807) is 0 Å². The third-order valence-corrected chi connectivity index (χ3v) is 3.43. The van der Waals surface area contributed by atoms with Crippen molar-refractivity contribution in [1.29, 1.82) is 0 Å². The lowest BCUT2D eigenvalue weighted by atomic mass is 10.00. The van der Waals surface area contributed by atoms with Crippen molar-refractivity contribution in [2.24, 2.45) is 0 Å². The summed E-state index contributed by atoms with van der Waals surface area (Å²) in [5, 5.41) is -2.54. The second-order valence-corrected chi connectivity index (χ2v) is 4.65. The van der Waals surface area contributed by atoms with Crippen LogP contribution in [0.2, 0.25) is 0 Å². The highest BCUT2D eigenvalue weighted by Crippen LogP contribution is 2.36. The molecule has 0 radical (unpaired) electrons. The lowest BCUT2D eigenvalue weighted by Crippen LogP contribution is -2.03. The molecule has 0 saturated carbocycles. The number of anilines is 2. The molecule has 0 atom stereocenters. The Morgan fingerprint density at radius 1 is 0.455 bits per heavy atom. The Kier molecular flexibility index (Phi) is 2.88. The minimum atomic E-state index is -1.65. The van der Waals surface area contributed by atoms with E-state index in [9.17, 15) is 26.3 Å². The number of rotatable bonds is 0. The molecule has 0 spiro atoms. The molecule has 3 aromatic rings. The average Bonchev–Trinajstić information content (AvgIpc) is 2.52. The zero-order valence-electron chi connectivity index (χ0n) is 10.6. The predicted octanol–water partition coefficient (Wildman–Crippen LogP) is 3.99. The third kappa shape index (κ3) is 1.63. The first-order valence-corrected chi connectivity index (χ1v) is 5.87. The van der Waals surface area contributed by atoms with Crippen LogP contribution in [0.25, 0.3) is 21.5 Å². The van der Waals surface area contributed by atoms with Gasteiger partial charge in [-0.2, -0.15) is 0 Å². The molecule has 22 heavy (non-hydrogen) atoms. The van der Waals surface area contributed by atoms with Crippen molar-refractivity contribution in [2.75, 3.05) is 11.5 Å². The van der Waals surface area contributed by atoms with E-state index >= 15 is 0 Å². The predicted molar refractivity (Wildman–Crippen MR) is 70.0 cm³/mol. The van der Waals surface area contributed by atoms with E-state index in [1.807, 2.05) is 0 Å². The Morgan fingerprint density at radius 2 is 0.727 bits per heavy atom. The van der Waals surface area contributed by atoms with Crippen LogP contribution in [0.3, 0.4) is 0 Å². The van der Waals surface area contributed by atoms with Crippen molar-refractivity contribution in [1.82, 2.24) is 0 Å². The summed E-state index contributed by atoms with van der Waals surface area (Å²) in [4.78, 5) is 0. The third-order valence-electron chi connectivity index (χ3n) is 3.43. The molecule has 0 aliphatic carbocycles. The number of nitrogens with two attached hydrogens (primary N) is 2. The van der Waals surface area contributed by atoms with Crippen LogP contribution in [0.4, 0.5) is 37.7 Å². The minimum absolute atomic E-state index is 0.605. The summed E-state index contributed by atoms with van der Waals surface area (Å²) in [7, 11) is 0. The van der Waals surface area contributed by atoms with Gasteiger partial charge in [-0.05, 0) is 12.1 Å². The van der Waals surface area contributed by atoms with Gasteiger partial charge >= 0.3 is 0 Å². The molecule has 0 saturated heterocycles. The van der Waals surface area contributed by atoms with Crippen LogP contribution >= 0.6 is 0 Å². The van der Waals surface area contributed by atoms with Gasteiger partial charge in [0, 0.05) is 21.5 Å². The van der Waals surface area contributed by atoms with E-state index in [2.05, 4.69) is 0 Å². The normalized spacial score (nSPS) is 11.5. The number of hydrogen-bond donors (Lipinski definition) is 2. The Balaban J connectivity index is 2.64. The van der Waals surface area contributed by atoms with E-state index in [0.29, 0.717) is 12.1 Å². The second-order valence-electron chi connectivity index (χ2n) is 4.65. The lowest BCUT2D eigenvalue weighted by molar-refractivity contribution is 0.509. The molecule has 114 valence electrons. The summed E-state index contributed by atoms with van der Waals surface area (Å²) in [5.74, 6) is -9.07. The van der Waals surface area contributed by atoms with Crippen LogP contribution in [0.5, 0.6) is 0 Å². The maximum atomic E-state index is 13.9. The van der Waals surface area contributed by atoms with Gasteiger partial charge in [-0.15, -0.1) is 0 Å². The first-order chi connectivity index (χ1) is 10.3. The first kappa shape index (κ1) is 14.3. The maximum Gasteiger partial charge on any atom is 0.185 e. The number of nitrogen functional groups attached to an aromatic ring is 2. The van der Waals surface area contributed by atoms with Gasteiger partial charge in [0.15, 0.2) is 34.9 Å². The molecule has 0 aliphatic rings. The quantitative estimate of drug-likeness (QED) is 0.285. The molecule has 2 nitrogen and oxygen atoms in total. The van der Waals surface area contributed by atoms with E-state index < -0.39 is 67.8 Å². The fourth-order valence-electron chi connectivity index (χ4n) is 2.28. The molecule has 0 aliphatic heterocycles. The van der Waals surface area contributed by atoms with Gasteiger partial charge in [-0.3, -0.25) is 0 Å². The van der Waals surface area contributed by atoms with E-state index in [1.165, 1.54) is 0 Å². The second kappa shape index (κ2) is 4.43. The van der Waals surface area contributed by atoms with Crippen molar-refractivity contribution < 1.29 is 26.3 Å². The molecule has 3 rings (SSSR count). The Bertz CT molecular complexity index is 815. The van der Waals surface area contributed by atoms with Crippen molar-refractivity contribution in [3.8, 4) is 0 Å². The highest BCUT2D eigenvalue weighted by molar-refractivity contribution is 6.01. The lowest BCUT2D eigenvalue weighted by Gasteiger charge is -2.11. The minimum Gasteiger partial charge on any atom is -0.394 e. The van der Waals surface area contributed by atoms with Crippen molar-refractivity contribution >= 4 is 32.9 Å². The molecule has 0 aromatic heterocycles. The molecule has 0 unspecified atom stereocenters. The van der Waals surface area contributed by atoms with Crippen LogP contribution in [-0.4, -0.2) is 0 Å². The molecule has 3 aromatic carbocycles. The van der Waals surface area contributed by atoms with Gasteiger partial charge in [0.2, 0.25) is 0 Å². The summed E-state index contributed by atoms with van der Waals surface area (Å²) >= 11 is 0. The van der Waals surface area contributed by atoms with Crippen LogP contribution in [0, 0.1) is 34.9 Å². The molecule has 0 heterocycles. The van der Waals surface area contributed by atoms with Crippen LogP contribution < -0.4 is 11.5 Å². The van der Waals surface area contributed by atoms with Crippen molar-refractivity contribution in [2.45, 2.75) is 0 Å². The number of fused-ring (bicyclic) bond motifs is 2. The fraction of sp³-hybridized carbons (Fsp3) is 0. The molecule has 8 heteroatoms.